The number of piperidine rings is 1. The molecule has 6 nitrogen and oxygen atoms in total. The summed E-state index contributed by atoms with van der Waals surface area (Å²) in [7, 11) is 0. The van der Waals surface area contributed by atoms with Crippen molar-refractivity contribution >= 4 is 11.8 Å². The van der Waals surface area contributed by atoms with Gasteiger partial charge in [0.25, 0.3) is 0 Å². The van der Waals surface area contributed by atoms with Gasteiger partial charge in [-0.2, -0.15) is 0 Å². The van der Waals surface area contributed by atoms with Gasteiger partial charge in [-0.1, -0.05) is 6.92 Å². The lowest BCUT2D eigenvalue weighted by atomic mass is 10.1. The molecule has 0 bridgehead atoms. The van der Waals surface area contributed by atoms with Gasteiger partial charge in [0, 0.05) is 32.2 Å². The van der Waals surface area contributed by atoms with Gasteiger partial charge in [0.05, 0.1) is 13.1 Å². The molecule has 2 amide bonds. The standard InChI is InChI=1S/C13H24N4O2/c1-2-16-6-3-11(4-7-16)15-13(19)10-17-8-5-14-12(18)9-17/h11H,2-10H2,1H3,(H,14,18)(H,15,19). The van der Waals surface area contributed by atoms with E-state index in [2.05, 4.69) is 22.5 Å². The molecule has 0 aromatic heterocycles. The van der Waals surface area contributed by atoms with Crippen LogP contribution < -0.4 is 10.6 Å². The van der Waals surface area contributed by atoms with Crippen molar-refractivity contribution in [2.45, 2.75) is 25.8 Å². The Labute approximate surface area is 114 Å². The molecular formula is C13H24N4O2. The zero-order valence-electron chi connectivity index (χ0n) is 11.7. The van der Waals surface area contributed by atoms with Crippen LogP contribution in [0.15, 0.2) is 0 Å². The van der Waals surface area contributed by atoms with Crippen molar-refractivity contribution in [1.29, 1.82) is 0 Å². The largest absolute Gasteiger partial charge is 0.354 e. The smallest absolute Gasteiger partial charge is 0.234 e. The van der Waals surface area contributed by atoms with Crippen LogP contribution in [-0.2, 0) is 9.59 Å². The average Bonchev–Trinajstić information content (AvgIpc) is 2.39. The summed E-state index contributed by atoms with van der Waals surface area (Å²) in [6.07, 6.45) is 2.06. The molecule has 2 heterocycles. The second kappa shape index (κ2) is 6.86. The van der Waals surface area contributed by atoms with Crippen LogP contribution in [0.5, 0.6) is 0 Å². The minimum atomic E-state index is 0.00954. The number of piperazine rings is 1. The Morgan fingerprint density at radius 3 is 2.68 bits per heavy atom. The number of hydrogen-bond acceptors (Lipinski definition) is 4. The molecule has 2 fully saturated rings. The second-order valence-corrected chi connectivity index (χ2v) is 5.34. The van der Waals surface area contributed by atoms with Crippen molar-refractivity contribution < 1.29 is 9.59 Å². The van der Waals surface area contributed by atoms with Crippen LogP contribution in [0.25, 0.3) is 0 Å². The normalized spacial score (nSPS) is 23.1. The van der Waals surface area contributed by atoms with Crippen molar-refractivity contribution in [2.24, 2.45) is 0 Å². The average molecular weight is 268 g/mol. The third kappa shape index (κ3) is 4.47. The molecule has 6 heteroatoms. The maximum Gasteiger partial charge on any atom is 0.234 e. The highest BCUT2D eigenvalue weighted by molar-refractivity contribution is 5.81. The first-order valence-corrected chi connectivity index (χ1v) is 7.18. The van der Waals surface area contributed by atoms with Gasteiger partial charge in [-0.3, -0.25) is 14.5 Å². The molecule has 0 aromatic carbocycles. The fourth-order valence-corrected chi connectivity index (χ4v) is 2.70. The van der Waals surface area contributed by atoms with Crippen LogP contribution >= 0.6 is 0 Å². The molecule has 19 heavy (non-hydrogen) atoms. The molecule has 0 spiro atoms. The zero-order valence-corrected chi connectivity index (χ0v) is 11.7. The van der Waals surface area contributed by atoms with E-state index in [1.165, 1.54) is 0 Å². The summed E-state index contributed by atoms with van der Waals surface area (Å²) in [5.74, 6) is 0.0555. The van der Waals surface area contributed by atoms with E-state index in [0.717, 1.165) is 39.0 Å². The van der Waals surface area contributed by atoms with Crippen molar-refractivity contribution in [3.63, 3.8) is 0 Å². The third-order valence-electron chi connectivity index (χ3n) is 3.88. The number of carbonyl (C=O) groups excluding carboxylic acids is 2. The monoisotopic (exact) mass is 268 g/mol. The molecule has 0 atom stereocenters. The number of nitrogens with one attached hydrogen (secondary N) is 2. The van der Waals surface area contributed by atoms with Crippen molar-refractivity contribution in [1.82, 2.24) is 20.4 Å². The fourth-order valence-electron chi connectivity index (χ4n) is 2.70. The first kappa shape index (κ1) is 14.3. The summed E-state index contributed by atoms with van der Waals surface area (Å²) >= 11 is 0. The Kier molecular flexibility index (Phi) is 5.15. The Hall–Kier alpha value is -1.14. The van der Waals surface area contributed by atoms with Crippen LogP contribution in [0.1, 0.15) is 19.8 Å². The minimum absolute atomic E-state index is 0.00954. The van der Waals surface area contributed by atoms with E-state index in [0.29, 0.717) is 25.7 Å². The SMILES string of the molecule is CCN1CCC(NC(=O)CN2CCNC(=O)C2)CC1. The number of hydrogen-bond donors (Lipinski definition) is 2. The molecule has 0 aromatic rings. The number of carbonyl (C=O) groups is 2. The number of likely N-dealkylation sites (tertiary alicyclic amines) is 1. The highest BCUT2D eigenvalue weighted by Gasteiger charge is 2.22. The summed E-state index contributed by atoms with van der Waals surface area (Å²) in [5, 5.41) is 5.85. The first-order chi connectivity index (χ1) is 9.17. The molecule has 0 unspecified atom stereocenters. The lowest BCUT2D eigenvalue weighted by Crippen LogP contribution is -2.52. The van der Waals surface area contributed by atoms with Crippen molar-refractivity contribution in [2.75, 3.05) is 45.8 Å². The van der Waals surface area contributed by atoms with Crippen molar-refractivity contribution in [3.8, 4) is 0 Å². The van der Waals surface area contributed by atoms with Gasteiger partial charge < -0.3 is 15.5 Å². The van der Waals surface area contributed by atoms with Crippen LogP contribution in [-0.4, -0.2) is 73.5 Å². The summed E-state index contributed by atoms with van der Waals surface area (Å²) in [6.45, 7) is 7.45. The van der Waals surface area contributed by atoms with Gasteiger partial charge in [0.1, 0.15) is 0 Å². The summed E-state index contributed by atoms with van der Waals surface area (Å²) < 4.78 is 0. The first-order valence-electron chi connectivity index (χ1n) is 7.18. The lowest BCUT2D eigenvalue weighted by Gasteiger charge is -2.32. The molecule has 2 rings (SSSR count). The molecule has 2 aliphatic rings. The summed E-state index contributed by atoms with van der Waals surface area (Å²) in [6, 6.07) is 0.300. The van der Waals surface area contributed by atoms with Crippen LogP contribution in [0.2, 0.25) is 0 Å². The molecule has 0 saturated carbocycles. The minimum Gasteiger partial charge on any atom is -0.354 e. The van der Waals surface area contributed by atoms with Gasteiger partial charge in [-0.05, 0) is 19.4 Å². The Morgan fingerprint density at radius 2 is 2.05 bits per heavy atom. The molecule has 2 aliphatic heterocycles. The van der Waals surface area contributed by atoms with E-state index >= 15 is 0 Å². The van der Waals surface area contributed by atoms with E-state index < -0.39 is 0 Å². The number of nitrogens with zero attached hydrogens (tertiary/aromatic N) is 2. The maximum absolute atomic E-state index is 11.9. The molecule has 0 aliphatic carbocycles. The van der Waals surface area contributed by atoms with E-state index in [1.807, 2.05) is 4.90 Å². The highest BCUT2D eigenvalue weighted by atomic mass is 16.2. The molecule has 0 radical (unpaired) electrons. The quantitative estimate of drug-likeness (QED) is 0.688. The molecular weight excluding hydrogens is 244 g/mol. The third-order valence-corrected chi connectivity index (χ3v) is 3.88. The predicted octanol–water partition coefficient (Wildman–Crippen LogP) is -0.981. The van der Waals surface area contributed by atoms with Gasteiger partial charge in [0.15, 0.2) is 0 Å². The lowest BCUT2D eigenvalue weighted by molar-refractivity contribution is -0.127. The summed E-state index contributed by atoms with van der Waals surface area (Å²) in [4.78, 5) is 27.5. The highest BCUT2D eigenvalue weighted by Crippen LogP contribution is 2.09. The van der Waals surface area contributed by atoms with Crippen LogP contribution in [0, 0.1) is 0 Å². The van der Waals surface area contributed by atoms with Crippen molar-refractivity contribution in [3.05, 3.63) is 0 Å². The Bertz CT molecular complexity index is 327. The number of rotatable bonds is 4. The second-order valence-electron chi connectivity index (χ2n) is 5.34. The van der Waals surface area contributed by atoms with Gasteiger partial charge in [-0.25, -0.2) is 0 Å². The Morgan fingerprint density at radius 1 is 1.32 bits per heavy atom. The molecule has 108 valence electrons. The summed E-state index contributed by atoms with van der Waals surface area (Å²) in [5.41, 5.74) is 0. The number of amides is 2. The van der Waals surface area contributed by atoms with Gasteiger partial charge >= 0.3 is 0 Å². The van der Waals surface area contributed by atoms with Gasteiger partial charge in [-0.15, -0.1) is 0 Å². The van der Waals surface area contributed by atoms with E-state index in [-0.39, 0.29) is 11.8 Å². The van der Waals surface area contributed by atoms with E-state index in [1.54, 1.807) is 0 Å². The van der Waals surface area contributed by atoms with Crippen LogP contribution in [0.4, 0.5) is 0 Å². The molecule has 2 N–H and O–H groups in total. The zero-order chi connectivity index (χ0) is 13.7. The topological polar surface area (TPSA) is 64.7 Å². The van der Waals surface area contributed by atoms with Gasteiger partial charge in [0.2, 0.25) is 11.8 Å². The van der Waals surface area contributed by atoms with Crippen LogP contribution in [0.3, 0.4) is 0 Å². The van der Waals surface area contributed by atoms with E-state index in [9.17, 15) is 9.59 Å². The Balaban J connectivity index is 1.68. The fraction of sp³-hybridized carbons (Fsp3) is 0.846. The predicted molar refractivity (Wildman–Crippen MR) is 72.7 cm³/mol. The maximum atomic E-state index is 11.9. The molecule has 2 saturated heterocycles. The van der Waals surface area contributed by atoms with E-state index in [4.69, 9.17) is 0 Å².